The molecule has 1 atom stereocenters. The van der Waals surface area contributed by atoms with Crippen LogP contribution in [0.25, 0.3) is 33.7 Å². The van der Waals surface area contributed by atoms with Crippen molar-refractivity contribution in [2.45, 2.75) is 13.0 Å². The number of morpholine rings is 1. The highest BCUT2D eigenvalue weighted by molar-refractivity contribution is 5.98. The Morgan fingerprint density at radius 3 is 2.93 bits per heavy atom. The van der Waals surface area contributed by atoms with Crippen LogP contribution < -0.4 is 4.90 Å². The predicted molar refractivity (Wildman–Crippen MR) is 102 cm³/mol. The molecule has 5 rings (SSSR count). The first kappa shape index (κ1) is 16.0. The summed E-state index contributed by atoms with van der Waals surface area (Å²) in [4.78, 5) is 11.8. The standard InChI is InChI=1S/C19H19N7O/c1-12-11-27-9-8-26(12)16-10-13(14-4-2-3-6-20-14)17-19(22-16)18(25-24-17)15-5-7-21-23-15/h2-7,10,12H,8-9,11H2,1H3,(H,21,23)(H,24,25)/t12-/m1/s1. The third-order valence-electron chi connectivity index (χ3n) is 4.86. The molecule has 0 unspecified atom stereocenters. The van der Waals surface area contributed by atoms with Gasteiger partial charge in [0, 0.05) is 24.5 Å². The lowest BCUT2D eigenvalue weighted by molar-refractivity contribution is 0.0986. The lowest BCUT2D eigenvalue weighted by atomic mass is 10.1. The lowest BCUT2D eigenvalue weighted by Crippen LogP contribution is -2.44. The van der Waals surface area contributed by atoms with E-state index in [1.54, 1.807) is 12.4 Å². The number of fused-ring (bicyclic) bond motifs is 1. The van der Waals surface area contributed by atoms with Gasteiger partial charge in [-0.1, -0.05) is 6.07 Å². The quantitative estimate of drug-likeness (QED) is 0.582. The van der Waals surface area contributed by atoms with E-state index in [1.807, 2.05) is 24.3 Å². The fraction of sp³-hybridized carbons (Fsp3) is 0.263. The van der Waals surface area contributed by atoms with Crippen LogP contribution in [0.5, 0.6) is 0 Å². The molecule has 0 amide bonds. The summed E-state index contributed by atoms with van der Waals surface area (Å²) in [7, 11) is 0. The molecule has 1 aliphatic heterocycles. The van der Waals surface area contributed by atoms with Crippen LogP contribution in [0.3, 0.4) is 0 Å². The van der Waals surface area contributed by atoms with Gasteiger partial charge in [-0.05, 0) is 31.2 Å². The summed E-state index contributed by atoms with van der Waals surface area (Å²) < 4.78 is 5.59. The zero-order valence-corrected chi connectivity index (χ0v) is 14.9. The lowest BCUT2D eigenvalue weighted by Gasteiger charge is -2.34. The van der Waals surface area contributed by atoms with E-state index in [4.69, 9.17) is 9.72 Å². The van der Waals surface area contributed by atoms with Crippen LogP contribution >= 0.6 is 0 Å². The van der Waals surface area contributed by atoms with Gasteiger partial charge in [0.05, 0.1) is 30.5 Å². The van der Waals surface area contributed by atoms with Gasteiger partial charge in [-0.15, -0.1) is 0 Å². The average Bonchev–Trinajstić information content (AvgIpc) is 3.38. The summed E-state index contributed by atoms with van der Waals surface area (Å²) in [5.74, 6) is 0.900. The first-order valence-electron chi connectivity index (χ1n) is 8.96. The van der Waals surface area contributed by atoms with Gasteiger partial charge >= 0.3 is 0 Å². The van der Waals surface area contributed by atoms with Gasteiger partial charge < -0.3 is 9.64 Å². The highest BCUT2D eigenvalue weighted by Crippen LogP contribution is 2.34. The molecule has 0 radical (unpaired) electrons. The van der Waals surface area contributed by atoms with Crippen molar-refractivity contribution in [3.8, 4) is 22.6 Å². The first-order chi connectivity index (χ1) is 13.3. The maximum Gasteiger partial charge on any atom is 0.139 e. The second-order valence-electron chi connectivity index (χ2n) is 6.62. The van der Waals surface area contributed by atoms with Crippen molar-refractivity contribution in [1.82, 2.24) is 30.4 Å². The highest BCUT2D eigenvalue weighted by Gasteiger charge is 2.24. The number of nitrogens with zero attached hydrogens (tertiary/aromatic N) is 5. The Bertz CT molecular complexity index is 1060. The SMILES string of the molecule is C[C@@H]1COCCN1c1cc(-c2ccccn2)c2[nH]nc(-c3cc[nH]n3)c2n1. The summed E-state index contributed by atoms with van der Waals surface area (Å²) >= 11 is 0. The molecule has 0 aromatic carbocycles. The molecule has 0 aliphatic carbocycles. The Morgan fingerprint density at radius 2 is 2.15 bits per heavy atom. The highest BCUT2D eigenvalue weighted by atomic mass is 16.5. The smallest absolute Gasteiger partial charge is 0.139 e. The largest absolute Gasteiger partial charge is 0.377 e. The maximum absolute atomic E-state index is 5.59. The molecular weight excluding hydrogens is 342 g/mol. The molecule has 8 nitrogen and oxygen atoms in total. The third kappa shape index (κ3) is 2.74. The van der Waals surface area contributed by atoms with E-state index < -0.39 is 0 Å². The molecule has 2 N–H and O–H groups in total. The van der Waals surface area contributed by atoms with Crippen LogP contribution in [0, 0.1) is 0 Å². The van der Waals surface area contributed by atoms with Crippen molar-refractivity contribution in [2.75, 3.05) is 24.7 Å². The van der Waals surface area contributed by atoms with Crippen molar-refractivity contribution in [3.05, 3.63) is 42.7 Å². The van der Waals surface area contributed by atoms with Gasteiger partial charge in [-0.25, -0.2) is 4.98 Å². The minimum Gasteiger partial charge on any atom is -0.377 e. The van der Waals surface area contributed by atoms with E-state index in [2.05, 4.69) is 43.3 Å². The molecule has 1 aliphatic rings. The number of hydrogen-bond donors (Lipinski definition) is 2. The van der Waals surface area contributed by atoms with Crippen molar-refractivity contribution in [2.24, 2.45) is 0 Å². The van der Waals surface area contributed by atoms with Crippen LogP contribution in [-0.4, -0.2) is 56.2 Å². The Kier molecular flexibility index (Phi) is 3.83. The van der Waals surface area contributed by atoms with E-state index in [0.29, 0.717) is 13.2 Å². The monoisotopic (exact) mass is 361 g/mol. The van der Waals surface area contributed by atoms with Gasteiger partial charge in [0.1, 0.15) is 22.7 Å². The van der Waals surface area contributed by atoms with Gasteiger partial charge in [-0.2, -0.15) is 10.2 Å². The summed E-state index contributed by atoms with van der Waals surface area (Å²) in [6.45, 7) is 4.34. The minimum atomic E-state index is 0.251. The maximum atomic E-state index is 5.59. The van der Waals surface area contributed by atoms with E-state index in [1.165, 1.54) is 0 Å². The summed E-state index contributed by atoms with van der Waals surface area (Å²) in [5, 5.41) is 14.7. The average molecular weight is 361 g/mol. The fourth-order valence-corrected chi connectivity index (χ4v) is 3.49. The van der Waals surface area contributed by atoms with Gasteiger partial charge in [0.15, 0.2) is 0 Å². The van der Waals surface area contributed by atoms with Crippen molar-refractivity contribution in [1.29, 1.82) is 0 Å². The van der Waals surface area contributed by atoms with Crippen LogP contribution in [0.4, 0.5) is 5.82 Å². The number of pyridine rings is 2. The van der Waals surface area contributed by atoms with Crippen molar-refractivity contribution in [3.63, 3.8) is 0 Å². The van der Waals surface area contributed by atoms with Gasteiger partial charge in [0.25, 0.3) is 0 Å². The van der Waals surface area contributed by atoms with Crippen molar-refractivity contribution >= 4 is 16.9 Å². The number of H-pyrrole nitrogens is 2. The third-order valence-corrected chi connectivity index (χ3v) is 4.86. The van der Waals surface area contributed by atoms with Crippen LogP contribution in [0.15, 0.2) is 42.7 Å². The molecule has 4 aromatic heterocycles. The summed E-state index contributed by atoms with van der Waals surface area (Å²) in [6.07, 6.45) is 3.58. The first-order valence-corrected chi connectivity index (χ1v) is 8.96. The van der Waals surface area contributed by atoms with E-state index in [0.717, 1.165) is 46.0 Å². The summed E-state index contributed by atoms with van der Waals surface area (Å²) in [6, 6.07) is 10.1. The molecule has 8 heteroatoms. The molecule has 0 saturated carbocycles. The normalized spacial score (nSPS) is 17.5. The number of aromatic amines is 2. The molecule has 27 heavy (non-hydrogen) atoms. The Hall–Kier alpha value is -3.26. The molecule has 5 heterocycles. The van der Waals surface area contributed by atoms with Crippen LogP contribution in [0.1, 0.15) is 6.92 Å². The van der Waals surface area contributed by atoms with Crippen molar-refractivity contribution < 1.29 is 4.74 Å². The number of anilines is 1. The number of rotatable bonds is 3. The Labute approximate surface area is 155 Å². The Balaban J connectivity index is 1.74. The van der Waals surface area contributed by atoms with Crippen LogP contribution in [-0.2, 0) is 4.74 Å². The van der Waals surface area contributed by atoms with E-state index >= 15 is 0 Å². The molecule has 136 valence electrons. The molecular formula is C19H19N7O. The zero-order valence-electron chi connectivity index (χ0n) is 14.9. The fourth-order valence-electron chi connectivity index (χ4n) is 3.49. The zero-order chi connectivity index (χ0) is 18.2. The second-order valence-corrected chi connectivity index (χ2v) is 6.62. The molecule has 0 spiro atoms. The van der Waals surface area contributed by atoms with E-state index in [9.17, 15) is 0 Å². The minimum absolute atomic E-state index is 0.251. The Morgan fingerprint density at radius 1 is 1.19 bits per heavy atom. The summed E-state index contributed by atoms with van der Waals surface area (Å²) in [5.41, 5.74) is 4.99. The van der Waals surface area contributed by atoms with Gasteiger partial charge in [0.2, 0.25) is 0 Å². The number of aromatic nitrogens is 6. The predicted octanol–water partition coefficient (Wildman–Crippen LogP) is 2.64. The number of ether oxygens (including phenoxy) is 1. The molecule has 1 fully saturated rings. The molecule has 4 aromatic rings. The molecule has 0 bridgehead atoms. The number of hydrogen-bond acceptors (Lipinski definition) is 6. The topological polar surface area (TPSA) is 95.6 Å². The second kappa shape index (κ2) is 6.48. The van der Waals surface area contributed by atoms with Gasteiger partial charge in [-0.3, -0.25) is 15.2 Å². The molecule has 1 saturated heterocycles. The van der Waals surface area contributed by atoms with Crippen LogP contribution in [0.2, 0.25) is 0 Å². The number of nitrogens with one attached hydrogen (secondary N) is 2. The van der Waals surface area contributed by atoms with E-state index in [-0.39, 0.29) is 6.04 Å².